The second kappa shape index (κ2) is 13.0. The van der Waals surface area contributed by atoms with E-state index in [9.17, 15) is 27.2 Å². The highest BCUT2D eigenvalue weighted by molar-refractivity contribution is 6.42. The minimum Gasteiger partial charge on any atom is -0.475 e. The fourth-order valence-corrected chi connectivity index (χ4v) is 4.96. The van der Waals surface area contributed by atoms with Crippen LogP contribution in [0.1, 0.15) is 33.6 Å². The molecule has 0 spiro atoms. The number of aromatic nitrogens is 2. The number of halogens is 6. The predicted molar refractivity (Wildman–Crippen MR) is 145 cm³/mol. The molecule has 0 saturated carbocycles. The lowest BCUT2D eigenvalue weighted by molar-refractivity contribution is -0.192. The van der Waals surface area contributed by atoms with Crippen molar-refractivity contribution in [1.82, 2.24) is 19.2 Å². The van der Waals surface area contributed by atoms with Gasteiger partial charge in [-0.15, -0.1) is 0 Å². The maximum Gasteiger partial charge on any atom is 0.490 e. The van der Waals surface area contributed by atoms with Gasteiger partial charge >= 0.3 is 12.1 Å². The molecule has 1 aliphatic rings. The summed E-state index contributed by atoms with van der Waals surface area (Å²) < 4.78 is 53.2. The first-order valence-corrected chi connectivity index (χ1v) is 13.3. The highest BCUT2D eigenvalue weighted by atomic mass is 35.5. The molecular weight excluding hydrogens is 607 g/mol. The molecule has 1 aromatic carbocycles. The molecule has 0 unspecified atom stereocenters. The Morgan fingerprint density at radius 3 is 2.45 bits per heavy atom. The van der Waals surface area contributed by atoms with E-state index in [2.05, 4.69) is 9.88 Å². The van der Waals surface area contributed by atoms with Crippen molar-refractivity contribution < 1.29 is 36.7 Å². The third kappa shape index (κ3) is 7.33. The van der Waals surface area contributed by atoms with Crippen LogP contribution >= 0.6 is 23.2 Å². The van der Waals surface area contributed by atoms with E-state index in [4.69, 9.17) is 37.5 Å². The second-order valence-electron chi connectivity index (χ2n) is 9.46. The van der Waals surface area contributed by atoms with E-state index in [0.717, 1.165) is 25.1 Å². The number of fused-ring (bicyclic) bond motifs is 1. The number of H-pyrrole nitrogens is 1. The van der Waals surface area contributed by atoms with Crippen LogP contribution in [-0.2, 0) is 17.8 Å². The summed E-state index contributed by atoms with van der Waals surface area (Å²) in [5.41, 5.74) is 2.49. The molecule has 1 aliphatic heterocycles. The van der Waals surface area contributed by atoms with Crippen molar-refractivity contribution in [3.05, 3.63) is 97.8 Å². The minimum atomic E-state index is -5.08. The number of rotatable bonds is 5. The number of benzene rings is 1. The van der Waals surface area contributed by atoms with Gasteiger partial charge in [0.15, 0.2) is 0 Å². The number of aliphatic carboxylic acids is 1. The smallest absolute Gasteiger partial charge is 0.475 e. The third-order valence-electron chi connectivity index (χ3n) is 6.54. The van der Waals surface area contributed by atoms with Gasteiger partial charge < -0.3 is 19.4 Å². The number of nitrogens with one attached hydrogen (secondary N) is 1. The molecule has 15 heteroatoms. The van der Waals surface area contributed by atoms with E-state index in [1.165, 1.54) is 12.1 Å². The number of furan rings is 1. The molecule has 0 aliphatic carbocycles. The van der Waals surface area contributed by atoms with Gasteiger partial charge in [0.1, 0.15) is 16.5 Å². The average molecular weight is 631 g/mol. The normalized spacial score (nSPS) is 14.4. The largest absolute Gasteiger partial charge is 0.490 e. The first-order chi connectivity index (χ1) is 19.8. The third-order valence-corrected chi connectivity index (χ3v) is 7.30. The summed E-state index contributed by atoms with van der Waals surface area (Å²) in [4.78, 5) is 41.0. The SMILES string of the molecule is O=C(O)C(F)(F)F.O=C(c1cc(Cc2c[nH]c(=O)c3cc(Cl)c(Cl)n23)ccc1F)N1CCCN(Cc2ccoc2)CC1. The molecule has 1 amide bonds. The molecule has 0 bridgehead atoms. The fourth-order valence-electron chi connectivity index (χ4n) is 4.52. The van der Waals surface area contributed by atoms with Gasteiger partial charge in [-0.3, -0.25) is 18.9 Å². The molecule has 0 radical (unpaired) electrons. The molecule has 0 atom stereocenters. The van der Waals surface area contributed by atoms with E-state index in [0.29, 0.717) is 42.8 Å². The monoisotopic (exact) mass is 630 g/mol. The zero-order valence-electron chi connectivity index (χ0n) is 21.8. The highest BCUT2D eigenvalue weighted by Crippen LogP contribution is 2.27. The number of carbonyl (C=O) groups is 2. The van der Waals surface area contributed by atoms with Crippen molar-refractivity contribution in [2.24, 2.45) is 0 Å². The predicted octanol–water partition coefficient (Wildman–Crippen LogP) is 5.24. The molecule has 9 nitrogen and oxygen atoms in total. The van der Waals surface area contributed by atoms with Crippen molar-refractivity contribution in [2.45, 2.75) is 25.6 Å². The quantitative estimate of drug-likeness (QED) is 0.292. The lowest BCUT2D eigenvalue weighted by atomic mass is 10.0. The lowest BCUT2D eigenvalue weighted by Crippen LogP contribution is -2.35. The summed E-state index contributed by atoms with van der Waals surface area (Å²) in [6.07, 6.45) is 0.950. The molecular formula is C27H24Cl2F4N4O5. The van der Waals surface area contributed by atoms with E-state index < -0.39 is 18.0 Å². The zero-order valence-corrected chi connectivity index (χ0v) is 23.3. The molecule has 4 aromatic rings. The van der Waals surface area contributed by atoms with Crippen molar-refractivity contribution >= 4 is 40.6 Å². The molecule has 2 N–H and O–H groups in total. The highest BCUT2D eigenvalue weighted by Gasteiger charge is 2.38. The Balaban J connectivity index is 0.000000517. The first kappa shape index (κ1) is 31.1. The van der Waals surface area contributed by atoms with E-state index >= 15 is 0 Å². The van der Waals surface area contributed by atoms with Crippen LogP contribution in [0.3, 0.4) is 0 Å². The molecule has 4 heterocycles. The number of hydrogen-bond donors (Lipinski definition) is 2. The molecule has 1 fully saturated rings. The lowest BCUT2D eigenvalue weighted by Gasteiger charge is -2.22. The summed E-state index contributed by atoms with van der Waals surface area (Å²) in [6.45, 7) is 3.36. The second-order valence-corrected chi connectivity index (χ2v) is 10.2. The molecule has 3 aromatic heterocycles. The van der Waals surface area contributed by atoms with E-state index in [1.54, 1.807) is 40.2 Å². The number of carboxylic acids is 1. The van der Waals surface area contributed by atoms with Gasteiger partial charge in [-0.1, -0.05) is 29.3 Å². The van der Waals surface area contributed by atoms with Crippen LogP contribution < -0.4 is 5.56 Å². The summed E-state index contributed by atoms with van der Waals surface area (Å²) in [7, 11) is 0. The van der Waals surface area contributed by atoms with Crippen LogP contribution in [0.2, 0.25) is 10.2 Å². The van der Waals surface area contributed by atoms with Crippen molar-refractivity contribution in [3.8, 4) is 0 Å². The molecule has 42 heavy (non-hydrogen) atoms. The Morgan fingerprint density at radius 1 is 1.05 bits per heavy atom. The van der Waals surface area contributed by atoms with E-state index in [1.807, 2.05) is 6.07 Å². The number of carboxylic acid groups (broad SMARTS) is 1. The van der Waals surface area contributed by atoms with Gasteiger partial charge in [0, 0.05) is 56.6 Å². The van der Waals surface area contributed by atoms with Crippen LogP contribution in [0, 0.1) is 5.82 Å². The Labute approximate surface area is 245 Å². The maximum atomic E-state index is 14.8. The number of alkyl halides is 3. The number of aromatic amines is 1. The molecule has 224 valence electrons. The Hall–Kier alpha value is -3.81. The summed E-state index contributed by atoms with van der Waals surface area (Å²) in [5, 5.41) is 7.62. The van der Waals surface area contributed by atoms with Gasteiger partial charge in [0.25, 0.3) is 11.5 Å². The average Bonchev–Trinajstić information content (AvgIpc) is 3.48. The van der Waals surface area contributed by atoms with Crippen LogP contribution in [0.25, 0.3) is 5.52 Å². The fraction of sp³-hybridized carbons (Fsp3) is 0.296. The van der Waals surface area contributed by atoms with Crippen molar-refractivity contribution in [2.75, 3.05) is 26.2 Å². The van der Waals surface area contributed by atoms with Crippen LogP contribution in [0.4, 0.5) is 17.6 Å². The maximum absolute atomic E-state index is 14.8. The zero-order chi connectivity index (χ0) is 30.6. The minimum absolute atomic E-state index is 0.0306. The van der Waals surface area contributed by atoms with Crippen LogP contribution in [0.5, 0.6) is 0 Å². The van der Waals surface area contributed by atoms with Gasteiger partial charge in [-0.05, 0) is 36.2 Å². The van der Waals surface area contributed by atoms with E-state index in [-0.39, 0.29) is 27.2 Å². The summed E-state index contributed by atoms with van der Waals surface area (Å²) in [5.74, 6) is -3.65. The Kier molecular flexibility index (Phi) is 9.64. The van der Waals surface area contributed by atoms with Crippen molar-refractivity contribution in [3.63, 3.8) is 0 Å². The van der Waals surface area contributed by atoms with Gasteiger partial charge in [-0.25, -0.2) is 9.18 Å². The van der Waals surface area contributed by atoms with Gasteiger partial charge in [0.05, 0.1) is 23.1 Å². The van der Waals surface area contributed by atoms with Gasteiger partial charge in [0.2, 0.25) is 0 Å². The Bertz CT molecular complexity index is 1640. The summed E-state index contributed by atoms with van der Waals surface area (Å²) >= 11 is 12.4. The number of nitrogens with zero attached hydrogens (tertiary/aromatic N) is 3. The topological polar surface area (TPSA) is 111 Å². The number of amides is 1. The van der Waals surface area contributed by atoms with Crippen LogP contribution in [-0.4, -0.2) is 68.5 Å². The van der Waals surface area contributed by atoms with Gasteiger partial charge in [-0.2, -0.15) is 13.2 Å². The first-order valence-electron chi connectivity index (χ1n) is 12.5. The molecule has 1 saturated heterocycles. The molecule has 5 rings (SSSR count). The standard InChI is InChI=1S/C25H23Cl2FN4O3.C2HF3O2/c26-20-12-22-24(33)29-13-18(32(22)23(20)27)10-16-2-3-21(28)19(11-16)25(34)31-6-1-5-30(7-8-31)14-17-4-9-35-15-17;3-2(4,5)1(6)7/h2-4,9,11-13,15H,1,5-8,10,14H2,(H,29,33);(H,6,7). The number of hydrogen-bond acceptors (Lipinski definition) is 5. The summed E-state index contributed by atoms with van der Waals surface area (Å²) in [6, 6.07) is 7.93. The van der Waals surface area contributed by atoms with Crippen LogP contribution in [0.15, 0.2) is 58.3 Å². The number of carbonyl (C=O) groups excluding carboxylic acids is 1. The Morgan fingerprint density at radius 2 is 1.79 bits per heavy atom. The van der Waals surface area contributed by atoms with Crippen molar-refractivity contribution in [1.29, 1.82) is 0 Å².